The Hall–Kier alpha value is -2.22. The van der Waals surface area contributed by atoms with Crippen LogP contribution in [0, 0.1) is 0 Å². The number of amides is 1. The van der Waals surface area contributed by atoms with Gasteiger partial charge in [0.25, 0.3) is 0 Å². The summed E-state index contributed by atoms with van der Waals surface area (Å²) in [6.45, 7) is 2.64. The molecule has 24 heavy (non-hydrogen) atoms. The number of methoxy groups -OCH3 is 1. The predicted molar refractivity (Wildman–Crippen MR) is 90.2 cm³/mol. The number of thioether (sulfide) groups is 1. The molecule has 1 aliphatic heterocycles. The third-order valence-corrected chi connectivity index (χ3v) is 5.31. The summed E-state index contributed by atoms with van der Waals surface area (Å²) < 4.78 is 6.98. The van der Waals surface area contributed by atoms with Gasteiger partial charge in [-0.2, -0.15) is 0 Å². The van der Waals surface area contributed by atoms with E-state index >= 15 is 0 Å². The molecule has 1 N–H and O–H groups in total. The van der Waals surface area contributed by atoms with Gasteiger partial charge in [0, 0.05) is 13.6 Å². The first-order valence-electron chi connectivity index (χ1n) is 7.67. The third kappa shape index (κ3) is 3.06. The number of aromatic nitrogens is 3. The molecule has 0 fully saturated rings. The number of fused-ring (bicyclic) bond motifs is 1. The number of carbonyl (C=O) groups excluding carboxylic acids is 1. The van der Waals surface area contributed by atoms with Crippen LogP contribution in [0.1, 0.15) is 24.1 Å². The summed E-state index contributed by atoms with van der Waals surface area (Å²) in [4.78, 5) is 14.5. The Morgan fingerprint density at radius 2 is 2.29 bits per heavy atom. The number of phenolic OH excluding ortho intramolecular Hbond substituents is 1. The van der Waals surface area contributed by atoms with Crippen LogP contribution in [0.25, 0.3) is 0 Å². The number of aryl methyl sites for hydroxylation is 1. The van der Waals surface area contributed by atoms with Crippen molar-refractivity contribution in [3.63, 3.8) is 0 Å². The maximum Gasteiger partial charge on any atom is 0.233 e. The Morgan fingerprint density at radius 1 is 1.50 bits per heavy atom. The second-order valence-electron chi connectivity index (χ2n) is 5.75. The molecule has 2 heterocycles. The normalized spacial score (nSPS) is 16.8. The summed E-state index contributed by atoms with van der Waals surface area (Å²) in [7, 11) is 3.38. The van der Waals surface area contributed by atoms with Gasteiger partial charge in [0.2, 0.25) is 5.91 Å². The smallest absolute Gasteiger partial charge is 0.233 e. The van der Waals surface area contributed by atoms with E-state index in [9.17, 15) is 9.90 Å². The average molecular weight is 348 g/mol. The van der Waals surface area contributed by atoms with Crippen molar-refractivity contribution in [3.05, 3.63) is 29.6 Å². The number of hydrogen-bond donors (Lipinski definition) is 1. The lowest BCUT2D eigenvalue weighted by Gasteiger charge is -2.35. The van der Waals surface area contributed by atoms with Crippen LogP contribution in [0.3, 0.4) is 0 Å². The Labute approximate surface area is 144 Å². The van der Waals surface area contributed by atoms with Crippen molar-refractivity contribution in [1.82, 2.24) is 19.7 Å². The van der Waals surface area contributed by atoms with Gasteiger partial charge in [0.05, 0.1) is 18.9 Å². The van der Waals surface area contributed by atoms with Gasteiger partial charge in [-0.05, 0) is 36.6 Å². The van der Waals surface area contributed by atoms with Crippen molar-refractivity contribution < 1.29 is 14.6 Å². The molecule has 0 saturated carbocycles. The van der Waals surface area contributed by atoms with Gasteiger partial charge in [-0.25, -0.2) is 0 Å². The molecule has 0 unspecified atom stereocenters. The van der Waals surface area contributed by atoms with Gasteiger partial charge in [0.1, 0.15) is 6.33 Å². The quantitative estimate of drug-likeness (QED) is 0.848. The molecule has 128 valence electrons. The average Bonchev–Trinajstić information content (AvgIpc) is 2.97. The number of nitrogens with zero attached hydrogens (tertiary/aromatic N) is 4. The second-order valence-corrected chi connectivity index (χ2v) is 6.69. The molecule has 0 spiro atoms. The fourth-order valence-corrected chi connectivity index (χ4v) is 3.73. The molecule has 0 aliphatic carbocycles. The molecule has 1 aliphatic rings. The van der Waals surface area contributed by atoms with E-state index in [1.807, 2.05) is 24.9 Å². The molecular formula is C16H20N4O3S. The molecule has 0 bridgehead atoms. The molecule has 0 saturated heterocycles. The SMILES string of the molecule is COc1cc2c(cc1O)CCN(C(=O)CSc1nncn1C)[C@@H]2C. The molecular weight excluding hydrogens is 328 g/mol. The Balaban J connectivity index is 1.74. The summed E-state index contributed by atoms with van der Waals surface area (Å²) in [5.74, 6) is 0.958. The third-order valence-electron chi connectivity index (χ3n) is 4.30. The molecule has 1 amide bonds. The van der Waals surface area contributed by atoms with Gasteiger partial charge >= 0.3 is 0 Å². The molecule has 2 aromatic rings. The summed E-state index contributed by atoms with van der Waals surface area (Å²) in [5, 5.41) is 18.4. The van der Waals surface area contributed by atoms with Crippen LogP contribution in [0.15, 0.2) is 23.6 Å². The van der Waals surface area contributed by atoms with Gasteiger partial charge in [-0.15, -0.1) is 10.2 Å². The molecule has 1 aromatic carbocycles. The van der Waals surface area contributed by atoms with Crippen molar-refractivity contribution in [1.29, 1.82) is 0 Å². The van der Waals surface area contributed by atoms with E-state index in [2.05, 4.69) is 10.2 Å². The highest BCUT2D eigenvalue weighted by Crippen LogP contribution is 2.37. The highest BCUT2D eigenvalue weighted by Gasteiger charge is 2.29. The largest absolute Gasteiger partial charge is 0.504 e. The van der Waals surface area contributed by atoms with E-state index in [-0.39, 0.29) is 17.7 Å². The summed E-state index contributed by atoms with van der Waals surface area (Å²) in [5.41, 5.74) is 2.08. The van der Waals surface area contributed by atoms with Gasteiger partial charge in [-0.1, -0.05) is 11.8 Å². The van der Waals surface area contributed by atoms with Gasteiger partial charge < -0.3 is 19.3 Å². The molecule has 7 nitrogen and oxygen atoms in total. The standard InChI is InChI=1S/C16H20N4O3S/c1-10-12-7-14(23-3)13(21)6-11(12)4-5-20(10)15(22)8-24-16-18-17-9-19(16)2/h6-7,9-10,21H,4-5,8H2,1-3H3/t10-/m1/s1. The van der Waals surface area contributed by atoms with Crippen LogP contribution in [0.4, 0.5) is 0 Å². The van der Waals surface area contributed by atoms with Crippen LogP contribution in [-0.2, 0) is 18.3 Å². The minimum atomic E-state index is -0.0594. The number of ether oxygens (including phenoxy) is 1. The number of phenols is 1. The fourth-order valence-electron chi connectivity index (χ4n) is 2.95. The monoisotopic (exact) mass is 348 g/mol. The zero-order valence-electron chi connectivity index (χ0n) is 13.9. The summed E-state index contributed by atoms with van der Waals surface area (Å²) in [6, 6.07) is 3.50. The number of carbonyl (C=O) groups is 1. The summed E-state index contributed by atoms with van der Waals surface area (Å²) >= 11 is 1.38. The number of benzene rings is 1. The van der Waals surface area contributed by atoms with Gasteiger partial charge in [0.15, 0.2) is 16.7 Å². The molecule has 8 heteroatoms. The summed E-state index contributed by atoms with van der Waals surface area (Å²) in [6.07, 6.45) is 2.34. The Kier molecular flexibility index (Phi) is 4.66. The first-order chi connectivity index (χ1) is 11.5. The Bertz CT molecular complexity index is 762. The first kappa shape index (κ1) is 16.6. The highest BCUT2D eigenvalue weighted by molar-refractivity contribution is 7.99. The molecule has 1 aromatic heterocycles. The van der Waals surface area contributed by atoms with Gasteiger partial charge in [-0.3, -0.25) is 4.79 Å². The zero-order valence-corrected chi connectivity index (χ0v) is 14.7. The van der Waals surface area contributed by atoms with Crippen molar-refractivity contribution in [3.8, 4) is 11.5 Å². The van der Waals surface area contributed by atoms with Crippen LogP contribution in [0.5, 0.6) is 11.5 Å². The Morgan fingerprint density at radius 3 is 2.96 bits per heavy atom. The molecule has 0 radical (unpaired) electrons. The molecule has 1 atom stereocenters. The van der Waals surface area contributed by atoms with Crippen molar-refractivity contribution >= 4 is 17.7 Å². The lowest BCUT2D eigenvalue weighted by Crippen LogP contribution is -2.39. The van der Waals surface area contributed by atoms with Crippen molar-refractivity contribution in [2.24, 2.45) is 7.05 Å². The van der Waals surface area contributed by atoms with E-state index in [1.165, 1.54) is 18.9 Å². The maximum absolute atomic E-state index is 12.6. The molecule has 3 rings (SSSR count). The van der Waals surface area contributed by atoms with E-state index in [0.717, 1.165) is 22.7 Å². The lowest BCUT2D eigenvalue weighted by atomic mass is 9.93. The number of hydrogen-bond acceptors (Lipinski definition) is 6. The maximum atomic E-state index is 12.6. The first-order valence-corrected chi connectivity index (χ1v) is 8.66. The van der Waals surface area contributed by atoms with Crippen LogP contribution >= 0.6 is 11.8 Å². The van der Waals surface area contributed by atoms with Crippen LogP contribution < -0.4 is 4.74 Å². The minimum absolute atomic E-state index is 0.0594. The van der Waals surface area contributed by atoms with E-state index in [4.69, 9.17) is 4.74 Å². The van der Waals surface area contributed by atoms with Crippen molar-refractivity contribution in [2.75, 3.05) is 19.4 Å². The zero-order chi connectivity index (χ0) is 17.3. The number of aromatic hydroxyl groups is 1. The van der Waals surface area contributed by atoms with Crippen LogP contribution in [-0.4, -0.2) is 50.1 Å². The predicted octanol–water partition coefficient (Wildman–Crippen LogP) is 1.77. The number of rotatable bonds is 4. The van der Waals surface area contributed by atoms with E-state index < -0.39 is 0 Å². The van der Waals surface area contributed by atoms with E-state index in [0.29, 0.717) is 18.0 Å². The minimum Gasteiger partial charge on any atom is -0.504 e. The van der Waals surface area contributed by atoms with Crippen LogP contribution in [0.2, 0.25) is 0 Å². The topological polar surface area (TPSA) is 80.5 Å². The second kappa shape index (κ2) is 6.72. The lowest BCUT2D eigenvalue weighted by molar-refractivity contribution is -0.130. The van der Waals surface area contributed by atoms with Crippen molar-refractivity contribution in [2.45, 2.75) is 24.5 Å². The fraction of sp³-hybridized carbons (Fsp3) is 0.438. The van der Waals surface area contributed by atoms with E-state index in [1.54, 1.807) is 17.0 Å². The highest BCUT2D eigenvalue weighted by atomic mass is 32.2.